The summed E-state index contributed by atoms with van der Waals surface area (Å²) in [6.07, 6.45) is -6.05. The number of aliphatic hydroxyl groups excluding tert-OH is 1. The highest BCUT2D eigenvalue weighted by Crippen LogP contribution is 2.39. The van der Waals surface area contributed by atoms with Crippen LogP contribution in [0.2, 0.25) is 5.02 Å². The van der Waals surface area contributed by atoms with Gasteiger partial charge >= 0.3 is 6.18 Å². The second-order valence-corrected chi connectivity index (χ2v) is 3.89. The van der Waals surface area contributed by atoms with Gasteiger partial charge in [0, 0.05) is 22.2 Å². The number of alkyl halides is 3. The molecule has 2 nitrogen and oxygen atoms in total. The van der Waals surface area contributed by atoms with E-state index in [1.165, 1.54) is 12.3 Å². The van der Waals surface area contributed by atoms with Crippen molar-refractivity contribution in [1.29, 1.82) is 0 Å². The molecule has 0 amide bonds. The van der Waals surface area contributed by atoms with Crippen molar-refractivity contribution in [3.63, 3.8) is 0 Å². The molecule has 6 heteroatoms. The van der Waals surface area contributed by atoms with Crippen molar-refractivity contribution in [2.45, 2.75) is 12.3 Å². The van der Waals surface area contributed by atoms with Crippen LogP contribution >= 0.6 is 11.6 Å². The van der Waals surface area contributed by atoms with Crippen molar-refractivity contribution in [3.8, 4) is 0 Å². The number of aromatic nitrogens is 1. The van der Waals surface area contributed by atoms with Crippen LogP contribution in [0.1, 0.15) is 11.7 Å². The third-order valence-electron chi connectivity index (χ3n) is 2.34. The van der Waals surface area contributed by atoms with Gasteiger partial charge in [-0.05, 0) is 12.1 Å². The van der Waals surface area contributed by atoms with Crippen molar-refractivity contribution < 1.29 is 18.3 Å². The predicted octanol–water partition coefficient (Wildman–Crippen LogP) is 3.48. The van der Waals surface area contributed by atoms with E-state index in [0.717, 1.165) is 0 Å². The van der Waals surface area contributed by atoms with E-state index < -0.39 is 17.8 Å². The van der Waals surface area contributed by atoms with Gasteiger partial charge in [0.05, 0.1) is 5.52 Å². The fraction of sp³-hybridized carbons (Fsp3) is 0.182. The molecule has 0 aliphatic carbocycles. The second kappa shape index (κ2) is 4.16. The van der Waals surface area contributed by atoms with Crippen LogP contribution in [0.25, 0.3) is 10.9 Å². The van der Waals surface area contributed by atoms with Gasteiger partial charge < -0.3 is 5.11 Å². The van der Waals surface area contributed by atoms with Gasteiger partial charge in [-0.15, -0.1) is 0 Å². The lowest BCUT2D eigenvalue weighted by atomic mass is 10.0. The molecule has 0 aliphatic rings. The Morgan fingerprint density at radius 1 is 1.24 bits per heavy atom. The molecule has 90 valence electrons. The fourth-order valence-electron chi connectivity index (χ4n) is 1.57. The number of nitrogens with zero attached hydrogens (tertiary/aromatic N) is 1. The van der Waals surface area contributed by atoms with E-state index in [2.05, 4.69) is 4.98 Å². The first kappa shape index (κ1) is 12.1. The molecule has 1 aromatic heterocycles. The van der Waals surface area contributed by atoms with Gasteiger partial charge in [-0.2, -0.15) is 13.2 Å². The van der Waals surface area contributed by atoms with E-state index in [9.17, 15) is 18.3 Å². The zero-order chi connectivity index (χ0) is 12.6. The lowest BCUT2D eigenvalue weighted by Gasteiger charge is -2.17. The van der Waals surface area contributed by atoms with Gasteiger partial charge in [-0.1, -0.05) is 23.7 Å². The average Bonchev–Trinajstić information content (AvgIpc) is 2.27. The first-order chi connectivity index (χ1) is 7.91. The van der Waals surface area contributed by atoms with Gasteiger partial charge in [0.1, 0.15) is 0 Å². The van der Waals surface area contributed by atoms with Crippen LogP contribution in [-0.4, -0.2) is 16.3 Å². The summed E-state index contributed by atoms with van der Waals surface area (Å²) in [6, 6.07) is 6.07. The molecule has 1 aromatic carbocycles. The van der Waals surface area contributed by atoms with Crippen molar-refractivity contribution in [3.05, 3.63) is 41.0 Å². The summed E-state index contributed by atoms with van der Waals surface area (Å²) in [6.45, 7) is 0. The Labute approximate surface area is 99.7 Å². The Balaban J connectivity index is 2.71. The van der Waals surface area contributed by atoms with Crippen LogP contribution in [0.5, 0.6) is 0 Å². The smallest absolute Gasteiger partial charge is 0.379 e. The summed E-state index contributed by atoms with van der Waals surface area (Å²) in [5.74, 6) is 0. The summed E-state index contributed by atoms with van der Waals surface area (Å²) >= 11 is 5.70. The lowest BCUT2D eigenvalue weighted by Crippen LogP contribution is -2.21. The molecule has 0 bridgehead atoms. The molecule has 0 fully saturated rings. The van der Waals surface area contributed by atoms with E-state index in [0.29, 0.717) is 5.39 Å². The zero-order valence-electron chi connectivity index (χ0n) is 8.37. The normalized spacial score (nSPS) is 13.9. The molecule has 2 aromatic rings. The zero-order valence-corrected chi connectivity index (χ0v) is 9.13. The van der Waals surface area contributed by atoms with Crippen LogP contribution in [0.3, 0.4) is 0 Å². The summed E-state index contributed by atoms with van der Waals surface area (Å²) in [4.78, 5) is 3.83. The number of benzene rings is 1. The van der Waals surface area contributed by atoms with Crippen LogP contribution in [0.4, 0.5) is 13.2 Å². The first-order valence-corrected chi connectivity index (χ1v) is 5.07. The summed E-state index contributed by atoms with van der Waals surface area (Å²) in [7, 11) is 0. The Bertz CT molecular complexity index is 556. The van der Waals surface area contributed by atoms with Crippen molar-refractivity contribution in [2.75, 3.05) is 0 Å². The first-order valence-electron chi connectivity index (χ1n) is 4.69. The summed E-state index contributed by atoms with van der Waals surface area (Å²) < 4.78 is 37.5. The number of aliphatic hydroxyl groups is 1. The topological polar surface area (TPSA) is 33.1 Å². The predicted molar refractivity (Wildman–Crippen MR) is 57.8 cm³/mol. The van der Waals surface area contributed by atoms with Crippen molar-refractivity contribution in [1.82, 2.24) is 4.98 Å². The highest BCUT2D eigenvalue weighted by atomic mass is 35.5. The number of hydrogen-bond acceptors (Lipinski definition) is 2. The van der Waals surface area contributed by atoms with E-state index in [1.807, 2.05) is 0 Å². The molecule has 17 heavy (non-hydrogen) atoms. The summed E-state index contributed by atoms with van der Waals surface area (Å²) in [5.41, 5.74) is -0.345. The maximum Gasteiger partial charge on any atom is 0.418 e. The molecule has 0 radical (unpaired) electrons. The quantitative estimate of drug-likeness (QED) is 0.852. The SMILES string of the molecule is O[C@@H](c1c(Cl)ccc2cccnc12)C(F)(F)F. The molecule has 0 saturated heterocycles. The van der Waals surface area contributed by atoms with Crippen LogP contribution in [-0.2, 0) is 0 Å². The molecule has 1 N–H and O–H groups in total. The molecule has 0 spiro atoms. The minimum Gasteiger partial charge on any atom is -0.379 e. The van der Waals surface area contributed by atoms with Crippen LogP contribution < -0.4 is 0 Å². The Morgan fingerprint density at radius 2 is 1.94 bits per heavy atom. The average molecular weight is 262 g/mol. The Morgan fingerprint density at radius 3 is 2.59 bits per heavy atom. The summed E-state index contributed by atoms with van der Waals surface area (Å²) in [5, 5.41) is 9.63. The fourth-order valence-corrected chi connectivity index (χ4v) is 1.82. The van der Waals surface area contributed by atoms with E-state index in [1.54, 1.807) is 18.2 Å². The van der Waals surface area contributed by atoms with Crippen LogP contribution in [0, 0.1) is 0 Å². The maximum absolute atomic E-state index is 12.5. The lowest BCUT2D eigenvalue weighted by molar-refractivity contribution is -0.206. The van der Waals surface area contributed by atoms with Gasteiger partial charge in [0.15, 0.2) is 6.10 Å². The number of halogens is 4. The molecule has 1 atom stereocenters. The Kier molecular flexibility index (Phi) is 2.97. The molecule has 0 saturated carbocycles. The van der Waals surface area contributed by atoms with Gasteiger partial charge in [-0.3, -0.25) is 4.98 Å². The molecular weight excluding hydrogens is 255 g/mol. The minimum atomic E-state index is -4.77. The number of rotatable bonds is 1. The van der Waals surface area contributed by atoms with E-state index in [-0.39, 0.29) is 10.5 Å². The monoisotopic (exact) mass is 261 g/mol. The largest absolute Gasteiger partial charge is 0.418 e. The highest BCUT2D eigenvalue weighted by molar-refractivity contribution is 6.32. The van der Waals surface area contributed by atoms with E-state index in [4.69, 9.17) is 11.6 Å². The highest BCUT2D eigenvalue weighted by Gasteiger charge is 2.41. The van der Waals surface area contributed by atoms with Gasteiger partial charge in [-0.25, -0.2) is 0 Å². The minimum absolute atomic E-state index is 0.0600. The number of hydrogen-bond donors (Lipinski definition) is 1. The van der Waals surface area contributed by atoms with Crippen molar-refractivity contribution >= 4 is 22.5 Å². The Hall–Kier alpha value is -1.33. The maximum atomic E-state index is 12.5. The van der Waals surface area contributed by atoms with Gasteiger partial charge in [0.25, 0.3) is 0 Å². The molecular formula is C11H7ClF3NO. The third-order valence-corrected chi connectivity index (χ3v) is 2.67. The second-order valence-electron chi connectivity index (χ2n) is 3.48. The molecule has 2 rings (SSSR count). The standard InChI is InChI=1S/C11H7ClF3NO/c12-7-4-3-6-2-1-5-16-9(6)8(7)10(17)11(13,14)15/h1-5,10,17H/t10-/m0/s1. The molecule has 0 aliphatic heterocycles. The van der Waals surface area contributed by atoms with Crippen molar-refractivity contribution in [2.24, 2.45) is 0 Å². The molecule has 1 heterocycles. The number of fused-ring (bicyclic) bond motifs is 1. The number of pyridine rings is 1. The van der Waals surface area contributed by atoms with Crippen LogP contribution in [0.15, 0.2) is 30.5 Å². The molecule has 0 unspecified atom stereocenters. The van der Waals surface area contributed by atoms with Gasteiger partial charge in [0.2, 0.25) is 0 Å². The van der Waals surface area contributed by atoms with E-state index >= 15 is 0 Å². The third kappa shape index (κ3) is 2.21.